The van der Waals surface area contributed by atoms with Crippen molar-refractivity contribution in [3.05, 3.63) is 80.6 Å². The highest BCUT2D eigenvalue weighted by Gasteiger charge is 2.33. The number of thiocarbonyl (C=S) groups is 1. The van der Waals surface area contributed by atoms with Gasteiger partial charge in [0.2, 0.25) is 0 Å². The number of rotatable bonds is 4. The molecule has 0 N–H and O–H groups in total. The van der Waals surface area contributed by atoms with Crippen molar-refractivity contribution < 1.29 is 4.79 Å². The zero-order valence-electron chi connectivity index (χ0n) is 19.1. The fourth-order valence-electron chi connectivity index (χ4n) is 4.38. The molecule has 3 aromatic rings. The smallest absolute Gasteiger partial charge is 0.267 e. The van der Waals surface area contributed by atoms with Gasteiger partial charge in [-0.2, -0.15) is 0 Å². The Morgan fingerprint density at radius 3 is 2.50 bits per heavy atom. The number of amides is 1. The maximum Gasteiger partial charge on any atom is 0.267 e. The third-order valence-corrected chi connectivity index (χ3v) is 7.64. The van der Waals surface area contributed by atoms with Crippen molar-refractivity contribution in [1.29, 1.82) is 0 Å². The van der Waals surface area contributed by atoms with Crippen LogP contribution in [-0.4, -0.2) is 37.6 Å². The molecule has 0 saturated carbocycles. The van der Waals surface area contributed by atoms with Crippen molar-refractivity contribution in [2.75, 3.05) is 18.0 Å². The van der Waals surface area contributed by atoms with Crippen molar-refractivity contribution in [3.63, 3.8) is 0 Å². The number of hydrogen-bond donors (Lipinski definition) is 0. The molecule has 4 heterocycles. The van der Waals surface area contributed by atoms with Gasteiger partial charge in [-0.1, -0.05) is 72.7 Å². The van der Waals surface area contributed by atoms with Crippen molar-refractivity contribution in [1.82, 2.24) is 14.3 Å². The molecule has 0 atom stereocenters. The second kappa shape index (κ2) is 9.72. The fraction of sp³-hybridized carbons (Fsp3) is 0.308. The maximum atomic E-state index is 13.5. The van der Waals surface area contributed by atoms with Gasteiger partial charge in [-0.3, -0.25) is 18.9 Å². The molecule has 5 rings (SSSR count). The number of pyridine rings is 1. The van der Waals surface area contributed by atoms with Gasteiger partial charge in [0, 0.05) is 19.3 Å². The molecule has 0 aliphatic carbocycles. The van der Waals surface area contributed by atoms with Gasteiger partial charge in [0.25, 0.3) is 11.5 Å². The molecule has 0 spiro atoms. The third kappa shape index (κ3) is 4.52. The number of aromatic nitrogens is 2. The summed E-state index contributed by atoms with van der Waals surface area (Å²) in [4.78, 5) is 36.0. The molecule has 2 aromatic heterocycles. The van der Waals surface area contributed by atoms with Crippen LogP contribution in [0.5, 0.6) is 0 Å². The Labute approximate surface area is 208 Å². The first-order valence-corrected chi connectivity index (χ1v) is 12.8. The number of carbonyl (C=O) groups excluding carboxylic acids is 1. The first-order valence-electron chi connectivity index (χ1n) is 11.6. The minimum atomic E-state index is -0.173. The van der Waals surface area contributed by atoms with E-state index in [-0.39, 0.29) is 11.5 Å². The van der Waals surface area contributed by atoms with Gasteiger partial charge in [0.05, 0.1) is 17.0 Å². The van der Waals surface area contributed by atoms with Crippen molar-refractivity contribution in [2.45, 2.75) is 39.2 Å². The Bertz CT molecular complexity index is 1340. The van der Waals surface area contributed by atoms with E-state index in [1.54, 1.807) is 21.6 Å². The van der Waals surface area contributed by atoms with E-state index >= 15 is 0 Å². The van der Waals surface area contributed by atoms with Crippen molar-refractivity contribution in [3.8, 4) is 0 Å². The van der Waals surface area contributed by atoms with Crippen LogP contribution in [0.3, 0.4) is 0 Å². The monoisotopic (exact) mass is 490 g/mol. The minimum absolute atomic E-state index is 0.171. The Kier molecular flexibility index (Phi) is 6.52. The molecule has 2 fully saturated rings. The zero-order chi connectivity index (χ0) is 23.7. The number of hydrogen-bond acceptors (Lipinski definition) is 6. The van der Waals surface area contributed by atoms with Crippen LogP contribution < -0.4 is 10.5 Å². The summed E-state index contributed by atoms with van der Waals surface area (Å²) in [5.74, 6) is 0.483. The molecule has 0 unspecified atom stereocenters. The van der Waals surface area contributed by atoms with E-state index in [1.807, 2.05) is 49.4 Å². The van der Waals surface area contributed by atoms with Crippen LogP contribution in [0, 0.1) is 6.92 Å². The molecular weight excluding hydrogens is 464 g/mol. The van der Waals surface area contributed by atoms with Gasteiger partial charge in [-0.05, 0) is 43.5 Å². The molecule has 0 bridgehead atoms. The lowest BCUT2D eigenvalue weighted by molar-refractivity contribution is -0.122. The molecule has 8 heteroatoms. The maximum absolute atomic E-state index is 13.5. The van der Waals surface area contributed by atoms with E-state index in [0.29, 0.717) is 32.8 Å². The van der Waals surface area contributed by atoms with Crippen molar-refractivity contribution >= 4 is 51.7 Å². The summed E-state index contributed by atoms with van der Waals surface area (Å²) in [7, 11) is 0. The summed E-state index contributed by atoms with van der Waals surface area (Å²) < 4.78 is 2.04. The number of anilines is 1. The molecule has 6 nitrogen and oxygen atoms in total. The Hall–Kier alpha value is -2.97. The number of benzene rings is 1. The van der Waals surface area contributed by atoms with Crippen LogP contribution >= 0.6 is 24.0 Å². The largest absolute Gasteiger partial charge is 0.356 e. The standard InChI is InChI=1S/C26H26N4O2S2/c1-18-9-11-19(12-10-18)17-30-25(32)21(34-26(30)33)16-20-23(28-13-5-2-3-6-14-28)27-22-8-4-7-15-29(22)24(20)31/h4,7-12,15-16H,2-3,5-6,13-14,17H2,1H3/b21-16+. The Morgan fingerprint density at radius 1 is 1.03 bits per heavy atom. The fourth-order valence-corrected chi connectivity index (χ4v) is 5.62. The van der Waals surface area contributed by atoms with Gasteiger partial charge in [0.1, 0.15) is 15.8 Å². The van der Waals surface area contributed by atoms with E-state index in [4.69, 9.17) is 17.2 Å². The summed E-state index contributed by atoms with van der Waals surface area (Å²) in [5, 5.41) is 0. The number of fused-ring (bicyclic) bond motifs is 1. The van der Waals surface area contributed by atoms with E-state index < -0.39 is 0 Å². The van der Waals surface area contributed by atoms with Crippen LogP contribution in [0.2, 0.25) is 0 Å². The minimum Gasteiger partial charge on any atom is -0.356 e. The first kappa shape index (κ1) is 22.8. The average molecular weight is 491 g/mol. The summed E-state index contributed by atoms with van der Waals surface area (Å²) in [5.41, 5.74) is 3.06. The zero-order valence-corrected chi connectivity index (χ0v) is 20.7. The van der Waals surface area contributed by atoms with E-state index in [0.717, 1.165) is 31.5 Å². The lowest BCUT2D eigenvalue weighted by Gasteiger charge is -2.23. The molecule has 1 amide bonds. The number of carbonyl (C=O) groups is 1. The second-order valence-electron chi connectivity index (χ2n) is 8.74. The lowest BCUT2D eigenvalue weighted by atomic mass is 10.1. The van der Waals surface area contributed by atoms with Crippen LogP contribution in [-0.2, 0) is 11.3 Å². The predicted octanol–water partition coefficient (Wildman–Crippen LogP) is 4.78. The van der Waals surface area contributed by atoms with Crippen LogP contribution in [0.25, 0.3) is 11.7 Å². The molecule has 2 aliphatic rings. The predicted molar refractivity (Wildman–Crippen MR) is 142 cm³/mol. The summed E-state index contributed by atoms with van der Waals surface area (Å²) in [6, 6.07) is 13.6. The normalized spacial score (nSPS) is 18.2. The topological polar surface area (TPSA) is 57.9 Å². The second-order valence-corrected chi connectivity index (χ2v) is 10.4. The lowest BCUT2D eigenvalue weighted by Crippen LogP contribution is -2.30. The van der Waals surface area contributed by atoms with E-state index in [1.165, 1.54) is 30.2 Å². The summed E-state index contributed by atoms with van der Waals surface area (Å²) in [6.45, 7) is 4.15. The van der Waals surface area contributed by atoms with E-state index in [9.17, 15) is 9.59 Å². The highest BCUT2D eigenvalue weighted by atomic mass is 32.2. The van der Waals surface area contributed by atoms with Gasteiger partial charge >= 0.3 is 0 Å². The van der Waals surface area contributed by atoms with E-state index in [2.05, 4.69) is 4.90 Å². The van der Waals surface area contributed by atoms with Crippen LogP contribution in [0.15, 0.2) is 58.4 Å². The Morgan fingerprint density at radius 2 is 1.76 bits per heavy atom. The van der Waals surface area contributed by atoms with Gasteiger partial charge in [-0.25, -0.2) is 4.98 Å². The number of thioether (sulfide) groups is 1. The van der Waals surface area contributed by atoms with Crippen LogP contribution in [0.1, 0.15) is 42.4 Å². The average Bonchev–Trinajstić information content (AvgIpc) is 3.02. The highest BCUT2D eigenvalue weighted by Crippen LogP contribution is 2.34. The van der Waals surface area contributed by atoms with Gasteiger partial charge in [-0.15, -0.1) is 0 Å². The highest BCUT2D eigenvalue weighted by molar-refractivity contribution is 8.26. The van der Waals surface area contributed by atoms with Crippen molar-refractivity contribution in [2.24, 2.45) is 0 Å². The van der Waals surface area contributed by atoms with Gasteiger partial charge < -0.3 is 4.90 Å². The molecule has 2 aliphatic heterocycles. The number of nitrogens with zero attached hydrogens (tertiary/aromatic N) is 4. The van der Waals surface area contributed by atoms with Gasteiger partial charge in [0.15, 0.2) is 0 Å². The van der Waals surface area contributed by atoms with Crippen LogP contribution in [0.4, 0.5) is 5.82 Å². The number of aryl methyl sites for hydroxylation is 1. The SMILES string of the molecule is Cc1ccc(CN2C(=O)/C(=C\c3c(N4CCCCCC4)nc4ccccn4c3=O)SC2=S)cc1. The quantitative estimate of drug-likeness (QED) is 0.387. The molecule has 1 aromatic carbocycles. The molecule has 0 radical (unpaired) electrons. The first-order chi connectivity index (χ1) is 16.5. The summed E-state index contributed by atoms with van der Waals surface area (Å²) >= 11 is 6.79. The molecule has 34 heavy (non-hydrogen) atoms. The third-order valence-electron chi connectivity index (χ3n) is 6.26. The molecular formula is C26H26N4O2S2. The molecule has 174 valence electrons. The Balaban J connectivity index is 1.54. The molecule has 2 saturated heterocycles. The summed E-state index contributed by atoms with van der Waals surface area (Å²) in [6.07, 6.45) is 7.90.